The van der Waals surface area contributed by atoms with Crippen LogP contribution in [0, 0.1) is 16.7 Å². The molecule has 3 aliphatic rings. The Bertz CT molecular complexity index is 2150. The first-order valence-electron chi connectivity index (χ1n) is 18.9. The molecule has 14 nitrogen and oxygen atoms in total. The lowest BCUT2D eigenvalue weighted by Gasteiger charge is -2.36. The van der Waals surface area contributed by atoms with Crippen molar-refractivity contribution in [2.45, 2.75) is 103 Å². The highest BCUT2D eigenvalue weighted by molar-refractivity contribution is 7.90. The summed E-state index contributed by atoms with van der Waals surface area (Å²) in [6, 6.07) is 10.9. The van der Waals surface area contributed by atoms with Crippen molar-refractivity contribution in [3.63, 3.8) is 0 Å². The predicted molar refractivity (Wildman–Crippen MR) is 211 cm³/mol. The molecule has 0 spiro atoms. The first-order chi connectivity index (χ1) is 26.1. The number of benzene rings is 1. The Balaban J connectivity index is 1.33. The van der Waals surface area contributed by atoms with Crippen LogP contribution in [0.2, 0.25) is 0 Å². The van der Waals surface area contributed by atoms with Gasteiger partial charge in [-0.15, -0.1) is 6.58 Å². The third-order valence-electron chi connectivity index (χ3n) is 10.6. The van der Waals surface area contributed by atoms with Crippen LogP contribution in [0.3, 0.4) is 0 Å². The van der Waals surface area contributed by atoms with Gasteiger partial charge in [-0.2, -0.15) is 0 Å². The Kier molecular flexibility index (Phi) is 10.7. The van der Waals surface area contributed by atoms with E-state index in [0.29, 0.717) is 11.6 Å². The average Bonchev–Trinajstić information content (AvgIpc) is 3.99. The molecule has 300 valence electrons. The van der Waals surface area contributed by atoms with Gasteiger partial charge in [0.05, 0.1) is 18.0 Å². The quantitative estimate of drug-likeness (QED) is 0.214. The summed E-state index contributed by atoms with van der Waals surface area (Å²) >= 11 is 0. The molecule has 5 atom stereocenters. The van der Waals surface area contributed by atoms with Gasteiger partial charge in [0.2, 0.25) is 27.7 Å². The van der Waals surface area contributed by atoms with Crippen molar-refractivity contribution < 1.29 is 37.1 Å². The maximum absolute atomic E-state index is 14.7. The van der Waals surface area contributed by atoms with E-state index in [-0.39, 0.29) is 31.1 Å². The number of alkyl carbamates (subject to hydrolysis) is 1. The molecular weight excluding hydrogens is 737 g/mol. The van der Waals surface area contributed by atoms with Gasteiger partial charge in [-0.1, -0.05) is 52.0 Å². The molecule has 15 heteroatoms. The van der Waals surface area contributed by atoms with Crippen LogP contribution in [-0.4, -0.2) is 88.7 Å². The van der Waals surface area contributed by atoms with Crippen LogP contribution in [0.15, 0.2) is 67.5 Å². The van der Waals surface area contributed by atoms with Gasteiger partial charge in [0.25, 0.3) is 5.91 Å². The lowest BCUT2D eigenvalue weighted by atomic mass is 9.85. The van der Waals surface area contributed by atoms with Gasteiger partial charge in [0.1, 0.15) is 29.3 Å². The molecule has 0 bridgehead atoms. The Morgan fingerprint density at radius 2 is 1.73 bits per heavy atom. The third-order valence-corrected chi connectivity index (χ3v) is 12.0. The fourth-order valence-corrected chi connectivity index (χ4v) is 8.69. The van der Waals surface area contributed by atoms with Gasteiger partial charge in [0, 0.05) is 35.2 Å². The molecule has 3 aromatic rings. The second-order valence-electron chi connectivity index (χ2n) is 17.5. The van der Waals surface area contributed by atoms with Gasteiger partial charge >= 0.3 is 6.09 Å². The van der Waals surface area contributed by atoms with Crippen molar-refractivity contribution in [2.75, 3.05) is 12.3 Å². The number of nitrogens with one attached hydrogen (secondary N) is 3. The molecule has 0 unspecified atom stereocenters. The largest absolute Gasteiger partial charge is 0.472 e. The fraction of sp³-hybridized carbons (Fsp3) is 0.512. The number of ether oxygens (including phenoxy) is 2. The number of likely N-dealkylation sites (tertiary alicyclic amines) is 1. The van der Waals surface area contributed by atoms with Gasteiger partial charge < -0.3 is 25.0 Å². The smallest absolute Gasteiger partial charge is 0.408 e. The number of carbonyl (C=O) groups excluding carboxylic acids is 4. The topological polar surface area (TPSA) is 186 Å². The van der Waals surface area contributed by atoms with Gasteiger partial charge in [-0.25, -0.2) is 18.2 Å². The number of rotatable bonds is 12. The van der Waals surface area contributed by atoms with Crippen LogP contribution < -0.4 is 20.1 Å². The minimum Gasteiger partial charge on any atom is -0.472 e. The van der Waals surface area contributed by atoms with E-state index in [2.05, 4.69) is 26.9 Å². The van der Waals surface area contributed by atoms with E-state index in [1.54, 1.807) is 60.9 Å². The number of sulfonamides is 1. The van der Waals surface area contributed by atoms with Crippen LogP contribution in [0.1, 0.15) is 74.1 Å². The lowest BCUT2D eigenvalue weighted by molar-refractivity contribution is -0.143. The van der Waals surface area contributed by atoms with E-state index in [0.717, 1.165) is 29.2 Å². The van der Waals surface area contributed by atoms with E-state index >= 15 is 0 Å². The first kappa shape index (κ1) is 40.6. The Hall–Kier alpha value is -5.05. The maximum Gasteiger partial charge on any atom is 0.408 e. The second kappa shape index (κ2) is 14.8. The van der Waals surface area contributed by atoms with Crippen molar-refractivity contribution in [3.05, 3.63) is 67.5 Å². The number of pyridine rings is 2. The SMILES string of the molecule is C=C[C@]1(C)C[C@]1(NC(=O)[C@@H]1C[C@@H](Oc2nc(-c3ccncc3)cc3ccccc23)CN1C(=O)[C@@H](NC(=O)OC(C)(C)C)C(C)(C)C)C(=O)NS(=O)(=O)CC1CC1. The summed E-state index contributed by atoms with van der Waals surface area (Å²) in [4.78, 5) is 66.4. The zero-order chi connectivity index (χ0) is 40.8. The van der Waals surface area contributed by atoms with Crippen molar-refractivity contribution in [1.29, 1.82) is 0 Å². The van der Waals surface area contributed by atoms with Crippen LogP contribution >= 0.6 is 0 Å². The molecule has 2 aromatic heterocycles. The van der Waals surface area contributed by atoms with Crippen LogP contribution in [0.5, 0.6) is 5.88 Å². The number of carbonyl (C=O) groups is 4. The molecule has 2 saturated carbocycles. The van der Waals surface area contributed by atoms with E-state index in [9.17, 15) is 27.6 Å². The van der Waals surface area contributed by atoms with Gasteiger partial charge in [-0.3, -0.25) is 24.1 Å². The fourth-order valence-electron chi connectivity index (χ4n) is 7.19. The van der Waals surface area contributed by atoms with Crippen molar-refractivity contribution in [1.82, 2.24) is 30.2 Å². The molecule has 1 saturated heterocycles. The number of hydrogen-bond acceptors (Lipinski definition) is 10. The number of aromatic nitrogens is 2. The zero-order valence-corrected chi connectivity index (χ0v) is 33.9. The van der Waals surface area contributed by atoms with E-state index in [1.165, 1.54) is 11.0 Å². The number of hydrogen-bond donors (Lipinski definition) is 3. The average molecular weight is 789 g/mol. The van der Waals surface area contributed by atoms with Crippen molar-refractivity contribution in [3.8, 4) is 17.1 Å². The van der Waals surface area contributed by atoms with Crippen LogP contribution in [0.25, 0.3) is 22.0 Å². The molecule has 3 fully saturated rings. The minimum atomic E-state index is -3.97. The number of amides is 4. The van der Waals surface area contributed by atoms with Gasteiger partial charge in [-0.05, 0) is 81.0 Å². The highest BCUT2D eigenvalue weighted by atomic mass is 32.2. The predicted octanol–water partition coefficient (Wildman–Crippen LogP) is 4.89. The molecule has 2 aliphatic carbocycles. The minimum absolute atomic E-state index is 0.00114. The van der Waals surface area contributed by atoms with Gasteiger partial charge in [0.15, 0.2) is 0 Å². The summed E-state index contributed by atoms with van der Waals surface area (Å²) in [5.41, 5.74) is -2.82. The van der Waals surface area contributed by atoms with E-state index in [4.69, 9.17) is 14.5 Å². The molecule has 6 rings (SSSR count). The Labute approximate surface area is 328 Å². The molecule has 3 heterocycles. The number of fused-ring (bicyclic) bond motifs is 1. The molecule has 3 N–H and O–H groups in total. The van der Waals surface area contributed by atoms with Crippen molar-refractivity contribution >= 4 is 44.6 Å². The summed E-state index contributed by atoms with van der Waals surface area (Å²) in [5, 5.41) is 7.16. The highest BCUT2D eigenvalue weighted by Gasteiger charge is 2.69. The third kappa shape index (κ3) is 8.82. The Morgan fingerprint density at radius 3 is 2.34 bits per heavy atom. The summed E-state index contributed by atoms with van der Waals surface area (Å²) in [7, 11) is -3.97. The van der Waals surface area contributed by atoms with Crippen molar-refractivity contribution in [2.24, 2.45) is 16.7 Å². The summed E-state index contributed by atoms with van der Waals surface area (Å²) in [6.45, 7) is 16.0. The monoisotopic (exact) mass is 788 g/mol. The van der Waals surface area contributed by atoms with E-state index < -0.39 is 74.0 Å². The summed E-state index contributed by atoms with van der Waals surface area (Å²) < 4.78 is 40.1. The molecule has 1 aromatic carbocycles. The summed E-state index contributed by atoms with van der Waals surface area (Å²) in [5.74, 6) is -2.00. The zero-order valence-electron chi connectivity index (χ0n) is 33.0. The summed E-state index contributed by atoms with van der Waals surface area (Å²) in [6.07, 6.45) is 4.94. The molecular formula is C41H52N6O8S. The molecule has 56 heavy (non-hydrogen) atoms. The number of nitrogens with zero attached hydrogens (tertiary/aromatic N) is 3. The normalized spacial score (nSPS) is 24.2. The molecule has 4 amide bonds. The molecule has 1 aliphatic heterocycles. The Morgan fingerprint density at radius 1 is 1.05 bits per heavy atom. The second-order valence-corrected chi connectivity index (χ2v) is 19.3. The highest BCUT2D eigenvalue weighted by Crippen LogP contribution is 2.57. The lowest BCUT2D eigenvalue weighted by Crippen LogP contribution is -2.60. The standard InChI is InChI=1S/C41H52N6O8S/c1-9-40(8)24-41(40,36(50)46-56(52,53)23-25-14-15-25)45-33(48)31-21-28(22-47(31)35(49)32(38(2,3)4)44-37(51)55-39(5,6)7)54-34-29-13-11-10-12-27(29)20-30(43-34)26-16-18-42-19-17-26/h9-13,16-20,25,28,31-32H,1,14-15,21-24H2,2-8H3,(H,44,51)(H,45,48)(H,46,50)/t28-,31+,32-,40-,41+/m1/s1. The first-order valence-corrected chi connectivity index (χ1v) is 20.6. The van der Waals surface area contributed by atoms with E-state index in [1.807, 2.05) is 42.5 Å². The maximum atomic E-state index is 14.7. The van der Waals surface area contributed by atoms with Crippen LogP contribution in [0.4, 0.5) is 4.79 Å². The molecule has 0 radical (unpaired) electrons. The van der Waals surface area contributed by atoms with Crippen LogP contribution in [-0.2, 0) is 29.1 Å².